The molecule has 0 N–H and O–H groups in total. The minimum Gasteiger partial charge on any atom is -0.469 e. The minimum absolute atomic E-state index is 0.0440. The van der Waals surface area contributed by atoms with Crippen molar-refractivity contribution in [2.75, 3.05) is 20.2 Å². The van der Waals surface area contributed by atoms with Gasteiger partial charge in [-0.05, 0) is 12.0 Å². The molecule has 1 saturated heterocycles. The number of ether oxygens (including phenoxy) is 1. The van der Waals surface area contributed by atoms with Crippen LogP contribution >= 0.6 is 23.2 Å². The van der Waals surface area contributed by atoms with Crippen LogP contribution in [0.15, 0.2) is 12.3 Å². The van der Waals surface area contributed by atoms with Gasteiger partial charge in [-0.3, -0.25) is 9.59 Å². The molecule has 2 atom stereocenters. The van der Waals surface area contributed by atoms with E-state index in [2.05, 4.69) is 4.98 Å². The van der Waals surface area contributed by atoms with Crippen molar-refractivity contribution in [3.8, 4) is 0 Å². The Balaban J connectivity index is 2.19. The summed E-state index contributed by atoms with van der Waals surface area (Å²) in [6.45, 7) is 2.72. The van der Waals surface area contributed by atoms with E-state index in [9.17, 15) is 9.59 Å². The molecule has 2 unspecified atom stereocenters. The highest BCUT2D eigenvalue weighted by atomic mass is 35.5. The quantitative estimate of drug-likeness (QED) is 0.620. The first-order chi connectivity index (χ1) is 9.43. The molecule has 1 aromatic rings. The summed E-state index contributed by atoms with van der Waals surface area (Å²) in [7, 11) is 1.35. The van der Waals surface area contributed by atoms with Gasteiger partial charge < -0.3 is 9.64 Å². The Morgan fingerprint density at radius 3 is 2.75 bits per heavy atom. The van der Waals surface area contributed by atoms with E-state index < -0.39 is 0 Å². The topological polar surface area (TPSA) is 59.5 Å². The zero-order valence-electron chi connectivity index (χ0n) is 11.1. The third-order valence-corrected chi connectivity index (χ3v) is 3.96. The number of carbonyl (C=O) groups is 2. The van der Waals surface area contributed by atoms with Gasteiger partial charge in [0, 0.05) is 19.3 Å². The molecule has 2 heterocycles. The summed E-state index contributed by atoms with van der Waals surface area (Å²) >= 11 is 11.8. The lowest BCUT2D eigenvalue weighted by atomic mass is 9.99. The average molecular weight is 317 g/mol. The number of aromatic nitrogens is 1. The molecule has 7 heteroatoms. The molecule has 0 aromatic carbocycles. The van der Waals surface area contributed by atoms with E-state index >= 15 is 0 Å². The Kier molecular flexibility index (Phi) is 4.50. The molecule has 0 aliphatic carbocycles. The Morgan fingerprint density at radius 2 is 2.10 bits per heavy atom. The van der Waals surface area contributed by atoms with Gasteiger partial charge in [-0.25, -0.2) is 4.98 Å². The van der Waals surface area contributed by atoms with Crippen molar-refractivity contribution in [1.29, 1.82) is 0 Å². The lowest BCUT2D eigenvalue weighted by Crippen LogP contribution is -2.30. The molecular weight excluding hydrogens is 303 g/mol. The number of methoxy groups -OCH3 is 1. The maximum atomic E-state index is 12.4. The molecule has 0 spiro atoms. The van der Waals surface area contributed by atoms with Crippen LogP contribution < -0.4 is 0 Å². The molecule has 1 aromatic heterocycles. The summed E-state index contributed by atoms with van der Waals surface area (Å²) < 4.78 is 4.75. The van der Waals surface area contributed by atoms with Crippen molar-refractivity contribution >= 4 is 35.1 Å². The summed E-state index contributed by atoms with van der Waals surface area (Å²) in [5.74, 6) is -0.813. The van der Waals surface area contributed by atoms with Gasteiger partial charge in [0.05, 0.1) is 23.6 Å². The number of halogens is 2. The van der Waals surface area contributed by atoms with Gasteiger partial charge in [-0.1, -0.05) is 30.1 Å². The molecule has 0 bridgehead atoms. The van der Waals surface area contributed by atoms with E-state index in [1.807, 2.05) is 6.92 Å². The number of esters is 1. The van der Waals surface area contributed by atoms with Crippen molar-refractivity contribution in [3.05, 3.63) is 28.0 Å². The van der Waals surface area contributed by atoms with Crippen molar-refractivity contribution < 1.29 is 14.3 Å². The molecule has 20 heavy (non-hydrogen) atoms. The number of hydrogen-bond donors (Lipinski definition) is 0. The van der Waals surface area contributed by atoms with Crippen LogP contribution in [-0.4, -0.2) is 42.0 Å². The molecule has 108 valence electrons. The van der Waals surface area contributed by atoms with Crippen LogP contribution in [0.25, 0.3) is 0 Å². The van der Waals surface area contributed by atoms with E-state index in [0.717, 1.165) is 0 Å². The van der Waals surface area contributed by atoms with Crippen LogP contribution in [0.3, 0.4) is 0 Å². The lowest BCUT2D eigenvalue weighted by molar-refractivity contribution is -0.146. The fourth-order valence-corrected chi connectivity index (χ4v) is 2.68. The number of likely N-dealkylation sites (tertiary alicyclic amines) is 1. The van der Waals surface area contributed by atoms with Gasteiger partial charge >= 0.3 is 5.97 Å². The standard InChI is InChI=1S/C13H14Cl2N2O3/c1-7-5-17(6-9(7)13(19)20-2)12(18)8-3-11(15)16-4-10(8)14/h3-4,7,9H,5-6H2,1-2H3. The smallest absolute Gasteiger partial charge is 0.310 e. The Hall–Kier alpha value is -1.33. The normalized spacial score (nSPS) is 21.9. The van der Waals surface area contributed by atoms with Gasteiger partial charge in [0.25, 0.3) is 5.91 Å². The highest BCUT2D eigenvalue weighted by Gasteiger charge is 2.38. The predicted octanol–water partition coefficient (Wildman–Crippen LogP) is 2.27. The average Bonchev–Trinajstić information content (AvgIpc) is 2.82. The van der Waals surface area contributed by atoms with Gasteiger partial charge in [0.1, 0.15) is 5.15 Å². The van der Waals surface area contributed by atoms with E-state index in [1.165, 1.54) is 19.4 Å². The molecule has 1 aliphatic rings. The fraction of sp³-hybridized carbons (Fsp3) is 0.462. The Labute approximate surface area is 126 Å². The van der Waals surface area contributed by atoms with Crippen molar-refractivity contribution in [3.63, 3.8) is 0 Å². The number of amides is 1. The van der Waals surface area contributed by atoms with E-state index in [0.29, 0.717) is 18.7 Å². The maximum absolute atomic E-state index is 12.4. The van der Waals surface area contributed by atoms with Crippen LogP contribution in [-0.2, 0) is 9.53 Å². The molecule has 1 amide bonds. The second-order valence-corrected chi connectivity index (χ2v) is 5.60. The highest BCUT2D eigenvalue weighted by molar-refractivity contribution is 6.35. The number of hydrogen-bond acceptors (Lipinski definition) is 4. The Bertz CT molecular complexity index is 550. The zero-order chi connectivity index (χ0) is 14.9. The summed E-state index contributed by atoms with van der Waals surface area (Å²) in [6.07, 6.45) is 1.34. The minimum atomic E-state index is -0.306. The van der Waals surface area contributed by atoms with Gasteiger partial charge in [-0.2, -0.15) is 0 Å². The second kappa shape index (κ2) is 5.97. The number of rotatable bonds is 2. The first-order valence-electron chi connectivity index (χ1n) is 6.12. The second-order valence-electron chi connectivity index (χ2n) is 4.80. The SMILES string of the molecule is COC(=O)C1CN(C(=O)c2cc(Cl)ncc2Cl)CC1C. The maximum Gasteiger partial charge on any atom is 0.310 e. The molecule has 2 rings (SSSR count). The van der Waals surface area contributed by atoms with Gasteiger partial charge in [0.15, 0.2) is 0 Å². The van der Waals surface area contributed by atoms with Crippen LogP contribution in [0.2, 0.25) is 10.2 Å². The lowest BCUT2D eigenvalue weighted by Gasteiger charge is -2.16. The predicted molar refractivity (Wildman–Crippen MR) is 74.8 cm³/mol. The summed E-state index contributed by atoms with van der Waals surface area (Å²) in [5.41, 5.74) is 0.296. The van der Waals surface area contributed by atoms with E-state index in [-0.39, 0.29) is 33.9 Å². The fourth-order valence-electron chi connectivity index (χ4n) is 2.34. The number of nitrogens with zero attached hydrogens (tertiary/aromatic N) is 2. The third-order valence-electron chi connectivity index (χ3n) is 3.46. The van der Waals surface area contributed by atoms with Crippen molar-refractivity contribution in [2.24, 2.45) is 11.8 Å². The molecule has 1 fully saturated rings. The van der Waals surface area contributed by atoms with E-state index in [4.69, 9.17) is 27.9 Å². The number of pyridine rings is 1. The summed E-state index contributed by atoms with van der Waals surface area (Å²) in [4.78, 5) is 29.5. The monoisotopic (exact) mass is 316 g/mol. The van der Waals surface area contributed by atoms with E-state index in [1.54, 1.807) is 4.90 Å². The van der Waals surface area contributed by atoms with Crippen LogP contribution in [0.4, 0.5) is 0 Å². The largest absolute Gasteiger partial charge is 0.469 e. The van der Waals surface area contributed by atoms with Crippen LogP contribution in [0, 0.1) is 11.8 Å². The molecule has 0 radical (unpaired) electrons. The molecule has 5 nitrogen and oxygen atoms in total. The van der Waals surface area contributed by atoms with Gasteiger partial charge in [-0.15, -0.1) is 0 Å². The summed E-state index contributed by atoms with van der Waals surface area (Å²) in [6, 6.07) is 1.43. The zero-order valence-corrected chi connectivity index (χ0v) is 12.6. The first-order valence-corrected chi connectivity index (χ1v) is 6.87. The third kappa shape index (κ3) is 2.88. The Morgan fingerprint density at radius 1 is 1.40 bits per heavy atom. The molecule has 0 saturated carbocycles. The highest BCUT2D eigenvalue weighted by Crippen LogP contribution is 2.27. The molecule has 1 aliphatic heterocycles. The molecular formula is C13H14Cl2N2O3. The van der Waals surface area contributed by atoms with Crippen LogP contribution in [0.1, 0.15) is 17.3 Å². The van der Waals surface area contributed by atoms with Crippen molar-refractivity contribution in [1.82, 2.24) is 9.88 Å². The summed E-state index contributed by atoms with van der Waals surface area (Å²) in [5, 5.41) is 0.447. The van der Waals surface area contributed by atoms with Crippen molar-refractivity contribution in [2.45, 2.75) is 6.92 Å². The van der Waals surface area contributed by atoms with Gasteiger partial charge in [0.2, 0.25) is 0 Å². The van der Waals surface area contributed by atoms with Crippen LogP contribution in [0.5, 0.6) is 0 Å². The first kappa shape index (κ1) is 15.1. The number of carbonyl (C=O) groups excluding carboxylic acids is 2.